The van der Waals surface area contributed by atoms with Crippen molar-refractivity contribution >= 4 is 39.1 Å². The van der Waals surface area contributed by atoms with E-state index in [0.29, 0.717) is 16.3 Å². The van der Waals surface area contributed by atoms with Gasteiger partial charge in [0.1, 0.15) is 12.6 Å². The highest BCUT2D eigenvalue weighted by molar-refractivity contribution is 7.92. The Labute approximate surface area is 263 Å². The fourth-order valence-corrected chi connectivity index (χ4v) is 6.38. The number of carbonyl (C=O) groups is 2. The Bertz CT molecular complexity index is 1690. The number of nitrogens with one attached hydrogen (secondary N) is 1. The van der Waals surface area contributed by atoms with Crippen molar-refractivity contribution in [2.75, 3.05) is 32.1 Å². The lowest BCUT2D eigenvalue weighted by Crippen LogP contribution is -2.53. The molecule has 4 aromatic rings. The van der Waals surface area contributed by atoms with Gasteiger partial charge >= 0.3 is 0 Å². The number of likely N-dealkylation sites (N-methyl/N-ethyl adjacent to an activating group) is 1. The smallest absolute Gasteiger partial charge is 0.264 e. The van der Waals surface area contributed by atoms with Gasteiger partial charge in [-0.15, -0.1) is 0 Å². The maximum Gasteiger partial charge on any atom is 0.264 e. The van der Waals surface area contributed by atoms with Crippen LogP contribution in [0.25, 0.3) is 0 Å². The van der Waals surface area contributed by atoms with E-state index in [4.69, 9.17) is 21.1 Å². The topological polar surface area (TPSA) is 105 Å². The molecule has 0 aliphatic carbocycles. The zero-order chi connectivity index (χ0) is 31.7. The molecule has 2 amide bonds. The SMILES string of the molecule is CNC(=O)[C@@H](Cc1ccccc1)N(Cc1ccccc1Cl)C(=O)CN(c1ccccc1)S(=O)(=O)c1ccc(OC)c(OC)c1. The van der Waals surface area contributed by atoms with Crippen LogP contribution in [0.2, 0.25) is 5.02 Å². The number of halogens is 1. The summed E-state index contributed by atoms with van der Waals surface area (Å²) >= 11 is 6.49. The van der Waals surface area contributed by atoms with Crippen LogP contribution in [0.4, 0.5) is 5.69 Å². The first-order valence-electron chi connectivity index (χ1n) is 13.8. The average molecular weight is 636 g/mol. The molecule has 0 heterocycles. The number of amides is 2. The first kappa shape index (κ1) is 32.4. The zero-order valence-corrected chi connectivity index (χ0v) is 26.2. The molecule has 0 aromatic heterocycles. The van der Waals surface area contributed by atoms with E-state index in [0.717, 1.165) is 9.87 Å². The summed E-state index contributed by atoms with van der Waals surface area (Å²) in [5, 5.41) is 3.08. The maximum absolute atomic E-state index is 14.3. The third-order valence-corrected chi connectivity index (χ3v) is 9.22. The summed E-state index contributed by atoms with van der Waals surface area (Å²) in [4.78, 5) is 29.0. The fourth-order valence-electron chi connectivity index (χ4n) is 4.76. The van der Waals surface area contributed by atoms with Crippen LogP contribution in [-0.2, 0) is 32.6 Å². The average Bonchev–Trinajstić information content (AvgIpc) is 3.05. The third kappa shape index (κ3) is 7.50. The second-order valence-corrected chi connectivity index (χ2v) is 12.1. The number of hydrogen-bond acceptors (Lipinski definition) is 6. The normalized spacial score (nSPS) is 11.7. The Morgan fingerprint density at radius 2 is 1.45 bits per heavy atom. The number of para-hydroxylation sites is 1. The molecule has 0 unspecified atom stereocenters. The van der Waals surface area contributed by atoms with Gasteiger partial charge < -0.3 is 19.7 Å². The number of ether oxygens (including phenoxy) is 2. The van der Waals surface area contributed by atoms with Crippen LogP contribution in [0.15, 0.2) is 108 Å². The third-order valence-electron chi connectivity index (χ3n) is 7.08. The summed E-state index contributed by atoms with van der Waals surface area (Å²) in [6, 6.07) is 27.9. The van der Waals surface area contributed by atoms with Crippen LogP contribution in [0.5, 0.6) is 11.5 Å². The van der Waals surface area contributed by atoms with Gasteiger partial charge in [-0.3, -0.25) is 13.9 Å². The quantitative estimate of drug-likeness (QED) is 0.223. The standard InChI is InChI=1S/C33H34ClN3O6S/c1-35-33(39)29(20-24-12-6-4-7-13-24)36(22-25-14-10-11-17-28(25)34)32(38)23-37(26-15-8-5-9-16-26)44(40,41)27-18-19-30(42-2)31(21-27)43-3/h4-19,21,29H,20,22-23H2,1-3H3,(H,35,39)/t29-/m1/s1. The van der Waals surface area contributed by atoms with Gasteiger partial charge in [-0.25, -0.2) is 8.42 Å². The van der Waals surface area contributed by atoms with E-state index >= 15 is 0 Å². The van der Waals surface area contributed by atoms with Gasteiger partial charge in [-0.05, 0) is 41.5 Å². The van der Waals surface area contributed by atoms with E-state index in [1.807, 2.05) is 30.3 Å². The molecule has 1 atom stereocenters. The Hall–Kier alpha value is -4.54. The number of carbonyl (C=O) groups excluding carboxylic acids is 2. The summed E-state index contributed by atoms with van der Waals surface area (Å²) in [7, 11) is 0.0472. The lowest BCUT2D eigenvalue weighted by atomic mass is 10.0. The van der Waals surface area contributed by atoms with Gasteiger partial charge in [-0.2, -0.15) is 0 Å². The van der Waals surface area contributed by atoms with Crippen molar-refractivity contribution < 1.29 is 27.5 Å². The maximum atomic E-state index is 14.3. The van der Waals surface area contributed by atoms with Gasteiger partial charge in [-0.1, -0.05) is 78.3 Å². The zero-order valence-electron chi connectivity index (χ0n) is 24.6. The highest BCUT2D eigenvalue weighted by Gasteiger charge is 2.35. The van der Waals surface area contributed by atoms with Crippen LogP contribution in [0.1, 0.15) is 11.1 Å². The molecule has 0 bridgehead atoms. The molecule has 0 spiro atoms. The van der Waals surface area contributed by atoms with E-state index in [1.54, 1.807) is 54.6 Å². The Kier molecular flexibility index (Phi) is 10.9. The fraction of sp³-hybridized carbons (Fsp3) is 0.212. The highest BCUT2D eigenvalue weighted by Crippen LogP contribution is 2.32. The molecular formula is C33H34ClN3O6S. The molecule has 230 valence electrons. The van der Waals surface area contributed by atoms with Crippen molar-refractivity contribution in [2.45, 2.75) is 23.9 Å². The molecule has 0 fully saturated rings. The summed E-state index contributed by atoms with van der Waals surface area (Å²) < 4.78 is 40.0. The monoisotopic (exact) mass is 635 g/mol. The number of anilines is 1. The van der Waals surface area contributed by atoms with Crippen molar-refractivity contribution in [1.82, 2.24) is 10.2 Å². The lowest BCUT2D eigenvalue weighted by molar-refractivity contribution is -0.139. The van der Waals surface area contributed by atoms with Crippen LogP contribution in [-0.4, -0.2) is 59.0 Å². The summed E-state index contributed by atoms with van der Waals surface area (Å²) in [6.45, 7) is -0.615. The van der Waals surface area contributed by atoms with Gasteiger partial charge in [0.25, 0.3) is 10.0 Å². The van der Waals surface area contributed by atoms with Crippen molar-refractivity contribution in [2.24, 2.45) is 0 Å². The number of sulfonamides is 1. The molecule has 1 N–H and O–H groups in total. The lowest BCUT2D eigenvalue weighted by Gasteiger charge is -2.33. The van der Waals surface area contributed by atoms with Gasteiger partial charge in [0.15, 0.2) is 11.5 Å². The second kappa shape index (κ2) is 14.8. The number of methoxy groups -OCH3 is 2. The number of benzene rings is 4. The highest BCUT2D eigenvalue weighted by atomic mass is 35.5. The molecule has 0 radical (unpaired) electrons. The minimum atomic E-state index is -4.31. The van der Waals surface area contributed by atoms with E-state index in [9.17, 15) is 18.0 Å². The van der Waals surface area contributed by atoms with Crippen molar-refractivity contribution in [1.29, 1.82) is 0 Å². The minimum absolute atomic E-state index is 0.0253. The van der Waals surface area contributed by atoms with Gasteiger partial charge in [0.2, 0.25) is 11.8 Å². The van der Waals surface area contributed by atoms with Gasteiger partial charge in [0.05, 0.1) is 24.8 Å². The molecule has 44 heavy (non-hydrogen) atoms. The van der Waals surface area contributed by atoms with E-state index < -0.39 is 34.4 Å². The molecule has 9 nitrogen and oxygen atoms in total. The molecule has 0 saturated heterocycles. The molecule has 4 rings (SSSR count). The van der Waals surface area contributed by atoms with Crippen LogP contribution in [0.3, 0.4) is 0 Å². The van der Waals surface area contributed by atoms with E-state index in [1.165, 1.54) is 44.4 Å². The predicted molar refractivity (Wildman–Crippen MR) is 171 cm³/mol. The van der Waals surface area contributed by atoms with Crippen LogP contribution < -0.4 is 19.1 Å². The number of nitrogens with zero attached hydrogens (tertiary/aromatic N) is 2. The minimum Gasteiger partial charge on any atom is -0.493 e. The first-order valence-corrected chi connectivity index (χ1v) is 15.6. The van der Waals surface area contributed by atoms with Crippen LogP contribution in [0, 0.1) is 0 Å². The van der Waals surface area contributed by atoms with E-state index in [-0.39, 0.29) is 29.3 Å². The van der Waals surface area contributed by atoms with Crippen molar-refractivity contribution in [3.05, 3.63) is 119 Å². The molecule has 0 aliphatic heterocycles. The molecule has 4 aromatic carbocycles. The van der Waals surface area contributed by atoms with Crippen molar-refractivity contribution in [3.63, 3.8) is 0 Å². The Morgan fingerprint density at radius 1 is 0.841 bits per heavy atom. The first-order chi connectivity index (χ1) is 21.2. The summed E-state index contributed by atoms with van der Waals surface area (Å²) in [5.74, 6) is -0.421. The van der Waals surface area contributed by atoms with E-state index in [2.05, 4.69) is 5.32 Å². The Balaban J connectivity index is 1.80. The molecular weight excluding hydrogens is 602 g/mol. The number of rotatable bonds is 13. The Morgan fingerprint density at radius 3 is 2.07 bits per heavy atom. The number of hydrogen-bond donors (Lipinski definition) is 1. The van der Waals surface area contributed by atoms with Crippen molar-refractivity contribution in [3.8, 4) is 11.5 Å². The van der Waals surface area contributed by atoms with Crippen LogP contribution >= 0.6 is 11.6 Å². The largest absolute Gasteiger partial charge is 0.493 e. The second-order valence-electron chi connectivity index (χ2n) is 9.80. The summed E-state index contributed by atoms with van der Waals surface area (Å²) in [6.07, 6.45) is 0.199. The molecule has 0 saturated carbocycles. The molecule has 0 aliphatic rings. The van der Waals surface area contributed by atoms with Gasteiger partial charge in [0, 0.05) is 31.1 Å². The predicted octanol–water partition coefficient (Wildman–Crippen LogP) is 4.94. The molecule has 11 heteroatoms. The summed E-state index contributed by atoms with van der Waals surface area (Å²) in [5.41, 5.74) is 1.71.